The van der Waals surface area contributed by atoms with Crippen LogP contribution in [0.15, 0.2) is 97.1 Å². The maximum atomic E-state index is 11.4. The van der Waals surface area contributed by atoms with E-state index in [9.17, 15) is 9.59 Å². The van der Waals surface area contributed by atoms with Crippen molar-refractivity contribution in [2.24, 2.45) is 0 Å². The van der Waals surface area contributed by atoms with E-state index < -0.39 is 0 Å². The third kappa shape index (κ3) is 4.95. The van der Waals surface area contributed by atoms with Crippen molar-refractivity contribution in [1.82, 2.24) is 19.9 Å². The standard InChI is InChI=1S/C38H26N4O2/c43-23-7-13-27-29-15-19-33(39-29)37(25-9-3-1-4-10-25)34-20-16-30(40-34)28(14-8-24-44)32-18-22-36(42-32)38(26-11-5-2-6-12-26)35-21-17-31(27)41-35/h1-24,39,42H/b13-7+,14-8+,29-27?,30-28?,31-27?,32-28?,37-33?,37-34?,38-35?,38-36?. The zero-order valence-electron chi connectivity index (χ0n) is 23.6. The minimum Gasteiger partial charge on any atom is -0.354 e. The molecule has 0 spiro atoms. The van der Waals surface area contributed by atoms with Gasteiger partial charge in [0.05, 0.1) is 22.8 Å². The number of hydrogen-bond donors (Lipinski definition) is 2. The van der Waals surface area contributed by atoms with Gasteiger partial charge in [-0.05, 0) is 84.0 Å². The Morgan fingerprint density at radius 2 is 0.841 bits per heavy atom. The first-order chi connectivity index (χ1) is 21.7. The molecule has 5 aromatic rings. The summed E-state index contributed by atoms with van der Waals surface area (Å²) in [5, 5.41) is 0. The third-order valence-electron chi connectivity index (χ3n) is 7.64. The van der Waals surface area contributed by atoms with Crippen LogP contribution in [-0.2, 0) is 9.59 Å². The molecule has 5 heterocycles. The number of carbonyl (C=O) groups excluding carboxylic acids is 2. The van der Waals surface area contributed by atoms with E-state index in [4.69, 9.17) is 9.97 Å². The van der Waals surface area contributed by atoms with E-state index >= 15 is 0 Å². The second-order valence-electron chi connectivity index (χ2n) is 10.3. The highest BCUT2D eigenvalue weighted by Crippen LogP contribution is 2.34. The maximum Gasteiger partial charge on any atom is 0.142 e. The Morgan fingerprint density at radius 3 is 1.25 bits per heavy atom. The first kappa shape index (κ1) is 26.7. The van der Waals surface area contributed by atoms with Crippen molar-refractivity contribution in [3.05, 3.63) is 131 Å². The molecule has 210 valence electrons. The van der Waals surface area contributed by atoms with Gasteiger partial charge >= 0.3 is 0 Å². The van der Waals surface area contributed by atoms with Crippen LogP contribution in [0.4, 0.5) is 0 Å². The summed E-state index contributed by atoms with van der Waals surface area (Å²) < 4.78 is 0. The molecule has 44 heavy (non-hydrogen) atoms. The number of aromatic nitrogens is 4. The summed E-state index contributed by atoms with van der Waals surface area (Å²) in [5.74, 6) is 0. The van der Waals surface area contributed by atoms with Crippen molar-refractivity contribution in [3.8, 4) is 22.3 Å². The van der Waals surface area contributed by atoms with Crippen molar-refractivity contribution in [1.29, 1.82) is 0 Å². The highest BCUT2D eigenvalue weighted by atomic mass is 16.1. The summed E-state index contributed by atoms with van der Waals surface area (Å²) in [7, 11) is 0. The van der Waals surface area contributed by atoms with Crippen LogP contribution in [0.1, 0.15) is 33.9 Å². The zero-order chi connectivity index (χ0) is 29.9. The molecule has 6 nitrogen and oxygen atoms in total. The number of aldehydes is 2. The van der Waals surface area contributed by atoms with Gasteiger partial charge in [-0.2, -0.15) is 0 Å². The maximum absolute atomic E-state index is 11.4. The lowest BCUT2D eigenvalue weighted by Gasteiger charge is -2.04. The summed E-state index contributed by atoms with van der Waals surface area (Å²) in [6.07, 6.45) is 16.0. The molecule has 0 atom stereocenters. The lowest BCUT2D eigenvalue weighted by molar-refractivity contribution is -0.104. The SMILES string of the molecule is O=C/C=C/c1c2nc(c(-c3ccccc3)c3ccc([nH]3)c(/C=C/C=O)c3nc(c(-c4ccccc4)c4ccc1[nH]4)C=C3)C=C2. The molecule has 6 heteroatoms. The van der Waals surface area contributed by atoms with Crippen molar-refractivity contribution in [2.75, 3.05) is 0 Å². The normalized spacial score (nSPS) is 12.4. The van der Waals surface area contributed by atoms with Crippen LogP contribution in [0.2, 0.25) is 0 Å². The third-order valence-corrected chi connectivity index (χ3v) is 7.64. The lowest BCUT2D eigenvalue weighted by Crippen LogP contribution is -1.89. The van der Waals surface area contributed by atoms with Crippen LogP contribution in [0, 0.1) is 0 Å². The van der Waals surface area contributed by atoms with Crippen molar-refractivity contribution >= 4 is 71.1 Å². The number of hydrogen-bond acceptors (Lipinski definition) is 4. The van der Waals surface area contributed by atoms with Crippen LogP contribution >= 0.6 is 0 Å². The van der Waals surface area contributed by atoms with Gasteiger partial charge < -0.3 is 9.97 Å². The number of carbonyl (C=O) groups is 2. The number of nitrogens with zero attached hydrogens (tertiary/aromatic N) is 2. The Bertz CT molecular complexity index is 2040. The molecule has 0 amide bonds. The molecule has 2 N–H and O–H groups in total. The summed E-state index contributed by atoms with van der Waals surface area (Å²) >= 11 is 0. The largest absolute Gasteiger partial charge is 0.354 e. The summed E-state index contributed by atoms with van der Waals surface area (Å²) in [4.78, 5) is 40.2. The number of fused-ring (bicyclic) bond motifs is 8. The molecule has 0 fully saturated rings. The Morgan fingerprint density at radius 1 is 0.455 bits per heavy atom. The molecule has 0 saturated heterocycles. The molecule has 2 aromatic carbocycles. The molecule has 0 aliphatic carbocycles. The second kappa shape index (κ2) is 11.6. The molecule has 0 saturated carbocycles. The van der Waals surface area contributed by atoms with Crippen molar-refractivity contribution in [3.63, 3.8) is 0 Å². The van der Waals surface area contributed by atoms with Crippen LogP contribution in [0.25, 0.3) is 80.8 Å². The number of rotatable bonds is 6. The van der Waals surface area contributed by atoms with Crippen LogP contribution in [0.5, 0.6) is 0 Å². The van der Waals surface area contributed by atoms with Crippen LogP contribution < -0.4 is 0 Å². The predicted octanol–water partition coefficient (Wildman–Crippen LogP) is 8.41. The minimum atomic E-state index is 0.731. The zero-order valence-corrected chi connectivity index (χ0v) is 23.6. The fourth-order valence-corrected chi connectivity index (χ4v) is 5.69. The van der Waals surface area contributed by atoms with Gasteiger partial charge in [-0.1, -0.05) is 60.7 Å². The average Bonchev–Trinajstić information content (AvgIpc) is 3.89. The van der Waals surface area contributed by atoms with Gasteiger partial charge in [0, 0.05) is 44.3 Å². The molecule has 2 aliphatic heterocycles. The Balaban J connectivity index is 1.68. The highest BCUT2D eigenvalue weighted by Gasteiger charge is 2.16. The van der Waals surface area contributed by atoms with E-state index in [1.54, 1.807) is 12.2 Å². The van der Waals surface area contributed by atoms with E-state index in [0.717, 1.165) is 90.8 Å². The average molecular weight is 571 g/mol. The van der Waals surface area contributed by atoms with Gasteiger partial charge in [0.25, 0.3) is 0 Å². The number of aromatic amines is 2. The van der Waals surface area contributed by atoms with E-state index in [-0.39, 0.29) is 0 Å². The summed E-state index contributed by atoms with van der Waals surface area (Å²) in [6.45, 7) is 0. The number of allylic oxidation sites excluding steroid dienone is 2. The van der Waals surface area contributed by atoms with E-state index in [2.05, 4.69) is 34.2 Å². The van der Waals surface area contributed by atoms with E-state index in [1.165, 1.54) is 12.2 Å². The van der Waals surface area contributed by atoms with Gasteiger partial charge in [0.1, 0.15) is 12.6 Å². The highest BCUT2D eigenvalue weighted by molar-refractivity contribution is 5.97. The van der Waals surface area contributed by atoms with E-state index in [1.807, 2.05) is 85.0 Å². The van der Waals surface area contributed by atoms with Gasteiger partial charge in [-0.3, -0.25) is 9.59 Å². The smallest absolute Gasteiger partial charge is 0.142 e. The Labute approximate surface area is 253 Å². The molecule has 7 rings (SSSR count). The number of nitrogens with one attached hydrogen (secondary N) is 2. The van der Waals surface area contributed by atoms with Crippen molar-refractivity contribution in [2.45, 2.75) is 0 Å². The monoisotopic (exact) mass is 570 g/mol. The quantitative estimate of drug-likeness (QED) is 0.155. The Kier molecular flexibility index (Phi) is 7.06. The number of benzene rings is 2. The van der Waals surface area contributed by atoms with Gasteiger partial charge in [0.15, 0.2) is 0 Å². The molecule has 3 aromatic heterocycles. The van der Waals surface area contributed by atoms with Crippen molar-refractivity contribution < 1.29 is 9.59 Å². The van der Waals surface area contributed by atoms with E-state index in [0.29, 0.717) is 0 Å². The van der Waals surface area contributed by atoms with Crippen LogP contribution in [0.3, 0.4) is 0 Å². The molecular weight excluding hydrogens is 544 g/mol. The lowest BCUT2D eigenvalue weighted by atomic mass is 10.0. The fraction of sp³-hybridized carbons (Fsp3) is 0. The molecule has 0 radical (unpaired) electrons. The molecule has 8 bridgehead atoms. The Hall–Kier alpha value is -6.14. The first-order valence-corrected chi connectivity index (χ1v) is 14.2. The summed E-state index contributed by atoms with van der Waals surface area (Å²) in [5.41, 5.74) is 11.8. The fourth-order valence-electron chi connectivity index (χ4n) is 5.69. The molecular formula is C38H26N4O2. The minimum absolute atomic E-state index is 0.731. The predicted molar refractivity (Wildman–Crippen MR) is 180 cm³/mol. The second-order valence-corrected chi connectivity index (χ2v) is 10.3. The van der Waals surface area contributed by atoms with Gasteiger partial charge in [-0.25, -0.2) is 9.97 Å². The van der Waals surface area contributed by atoms with Crippen LogP contribution in [-0.4, -0.2) is 32.5 Å². The number of H-pyrrole nitrogens is 2. The molecule has 0 unspecified atom stereocenters. The van der Waals surface area contributed by atoms with Gasteiger partial charge in [0.2, 0.25) is 0 Å². The topological polar surface area (TPSA) is 91.5 Å². The van der Waals surface area contributed by atoms with Gasteiger partial charge in [-0.15, -0.1) is 0 Å². The molecule has 2 aliphatic rings. The first-order valence-electron chi connectivity index (χ1n) is 14.2. The summed E-state index contributed by atoms with van der Waals surface area (Å²) in [6, 6.07) is 28.2.